The zero-order valence-corrected chi connectivity index (χ0v) is 6.03. The molecule has 1 rings (SSSR count). The van der Waals surface area contributed by atoms with Gasteiger partial charge in [-0.1, -0.05) is 30.3 Å². The maximum Gasteiger partial charge on any atom is 0.255 e. The molecule has 0 saturated carbocycles. The van der Waals surface area contributed by atoms with Gasteiger partial charge in [0.25, 0.3) is 1.43 Å². The van der Waals surface area contributed by atoms with E-state index in [0.29, 0.717) is 6.61 Å². The largest absolute Gasteiger partial charge is 0.348 e. The summed E-state index contributed by atoms with van der Waals surface area (Å²) in [6.45, 7) is 0.433. The zero-order chi connectivity index (χ0) is 8.65. The first-order valence-corrected chi connectivity index (χ1v) is 3.30. The molecule has 60 valence electrons. The Bertz CT molecular complexity index is 203. The second kappa shape index (κ2) is 4.85. The van der Waals surface area contributed by atoms with Crippen LogP contribution in [0.1, 0.15) is 5.56 Å². The Morgan fingerprint density at radius 2 is 2.18 bits per heavy atom. The molecular formula is C8H10O3. The molecule has 0 heterocycles. The molecule has 11 heavy (non-hydrogen) atoms. The Kier molecular flexibility index (Phi) is 2.99. The molecule has 0 atom stereocenters. The lowest BCUT2D eigenvalue weighted by Gasteiger charge is -2.00. The van der Waals surface area contributed by atoms with Gasteiger partial charge in [0, 0.05) is 0 Å². The summed E-state index contributed by atoms with van der Waals surface area (Å²) in [6.07, 6.45) is 0. The normalized spacial score (nSPS) is 11.1. The quantitative estimate of drug-likeness (QED) is 0.304. The van der Waals surface area contributed by atoms with Crippen molar-refractivity contribution in [3.63, 3.8) is 0 Å². The summed E-state index contributed by atoms with van der Waals surface area (Å²) in [6, 6.07) is 9.69. The molecule has 0 saturated heterocycles. The fourth-order valence-corrected chi connectivity index (χ4v) is 0.768. The summed E-state index contributed by atoms with van der Waals surface area (Å²) in [5.74, 6) is 0. The molecule has 3 heteroatoms. The lowest BCUT2D eigenvalue weighted by molar-refractivity contribution is -0.298. The van der Waals surface area contributed by atoms with Crippen molar-refractivity contribution in [2.24, 2.45) is 0 Å². The van der Waals surface area contributed by atoms with E-state index in [1.807, 2.05) is 30.3 Å². The van der Waals surface area contributed by atoms with Crippen LogP contribution in [0.4, 0.5) is 0 Å². The molecule has 0 amide bonds. The van der Waals surface area contributed by atoms with Crippen LogP contribution in [0.2, 0.25) is 0 Å². The highest BCUT2D eigenvalue weighted by atomic mass is 17.1. The highest BCUT2D eigenvalue weighted by Gasteiger charge is 1.89. The summed E-state index contributed by atoms with van der Waals surface area (Å²) in [5, 5.41) is 3.60. The van der Waals surface area contributed by atoms with Crippen LogP contribution in [0.15, 0.2) is 30.3 Å². The van der Waals surface area contributed by atoms with E-state index in [4.69, 9.17) is 6.17 Å². The first-order chi connectivity index (χ1) is 5.93. The maximum atomic E-state index is 6.18. The minimum Gasteiger partial charge on any atom is -0.348 e. The highest BCUT2D eigenvalue weighted by molar-refractivity contribution is 5.13. The average Bonchev–Trinajstić information content (AvgIpc) is 2.14. The Morgan fingerprint density at radius 1 is 1.36 bits per heavy atom. The van der Waals surface area contributed by atoms with Crippen LogP contribution in [0.5, 0.6) is 0 Å². The molecule has 0 aromatic heterocycles. The number of benzene rings is 1. The summed E-state index contributed by atoms with van der Waals surface area (Å²) < 4.78 is 11.2. The topological polar surface area (TPSA) is 38.7 Å². The molecule has 1 N–H and O–H groups in total. The van der Waals surface area contributed by atoms with Crippen LogP contribution in [0.25, 0.3) is 1.43 Å². The molecule has 0 aliphatic rings. The Labute approximate surface area is 66.6 Å². The summed E-state index contributed by atoms with van der Waals surface area (Å²) in [5.41, 5.74) is 1.06. The number of hydrogen-bond acceptors (Lipinski definition) is 3. The highest BCUT2D eigenvalue weighted by Crippen LogP contribution is 1.99. The predicted octanol–water partition coefficient (Wildman–Crippen LogP) is 1.65. The van der Waals surface area contributed by atoms with Gasteiger partial charge in [0.1, 0.15) is 0 Å². The van der Waals surface area contributed by atoms with Crippen molar-refractivity contribution in [2.45, 2.75) is 6.61 Å². The van der Waals surface area contributed by atoms with E-state index in [2.05, 4.69) is 10.1 Å². The fourth-order valence-electron chi connectivity index (χ4n) is 0.768. The van der Waals surface area contributed by atoms with Crippen LogP contribution in [0.3, 0.4) is 0 Å². The number of hydrogen-bond donors (Lipinski definition) is 1. The zero-order valence-electron chi connectivity index (χ0n) is 7.03. The third kappa shape index (κ3) is 3.13. The summed E-state index contributed by atoms with van der Waals surface area (Å²) >= 11 is 0. The SMILES string of the molecule is [2H]OOCOCc1ccccc1. The smallest absolute Gasteiger partial charge is 0.255 e. The standard InChI is InChI=1S/C8H10O3/c9-11-7-10-6-8-4-2-1-3-5-8/h1-5,9H,6-7H2/i/hD. The van der Waals surface area contributed by atoms with Gasteiger partial charge in [-0.05, 0) is 5.56 Å². The molecule has 0 fully saturated rings. The molecule has 1 aromatic rings. The lowest BCUT2D eigenvalue weighted by atomic mass is 10.2. The molecule has 0 spiro atoms. The van der Waals surface area contributed by atoms with Gasteiger partial charge in [0.15, 0.2) is 6.79 Å². The molecule has 0 radical (unpaired) electrons. The van der Waals surface area contributed by atoms with Crippen molar-refractivity contribution in [1.29, 1.82) is 1.43 Å². The van der Waals surface area contributed by atoms with Gasteiger partial charge in [0.2, 0.25) is 0 Å². The van der Waals surface area contributed by atoms with Crippen LogP contribution in [-0.2, 0) is 16.2 Å². The second-order valence-electron chi connectivity index (χ2n) is 2.07. The van der Waals surface area contributed by atoms with Gasteiger partial charge in [-0.25, -0.2) is 10.1 Å². The fraction of sp³-hybridized carbons (Fsp3) is 0.250. The van der Waals surface area contributed by atoms with Crippen molar-refractivity contribution in [2.75, 3.05) is 6.79 Å². The van der Waals surface area contributed by atoms with E-state index in [0.717, 1.165) is 5.56 Å². The Balaban J connectivity index is 2.16. The van der Waals surface area contributed by atoms with Gasteiger partial charge < -0.3 is 4.74 Å². The van der Waals surface area contributed by atoms with Crippen molar-refractivity contribution >= 4 is 0 Å². The van der Waals surface area contributed by atoms with E-state index >= 15 is 0 Å². The van der Waals surface area contributed by atoms with E-state index in [1.165, 1.54) is 0 Å². The maximum absolute atomic E-state index is 6.18. The average molecular weight is 155 g/mol. The molecule has 1 aromatic carbocycles. The molecule has 0 aliphatic heterocycles. The van der Waals surface area contributed by atoms with Gasteiger partial charge in [0.05, 0.1) is 6.61 Å². The molecule has 0 unspecified atom stereocenters. The van der Waals surface area contributed by atoms with E-state index in [1.54, 1.807) is 0 Å². The van der Waals surface area contributed by atoms with Crippen molar-refractivity contribution < 1.29 is 14.9 Å². The van der Waals surface area contributed by atoms with Crippen molar-refractivity contribution in [3.8, 4) is 0 Å². The van der Waals surface area contributed by atoms with Gasteiger partial charge >= 0.3 is 0 Å². The van der Waals surface area contributed by atoms with Gasteiger partial charge in [-0.2, -0.15) is 0 Å². The van der Waals surface area contributed by atoms with Crippen molar-refractivity contribution in [1.82, 2.24) is 0 Å². The van der Waals surface area contributed by atoms with E-state index in [-0.39, 0.29) is 6.79 Å². The first kappa shape index (κ1) is 6.79. The molecule has 0 aliphatic carbocycles. The number of rotatable bonds is 5. The van der Waals surface area contributed by atoms with Crippen molar-refractivity contribution in [3.05, 3.63) is 35.9 Å². The Hall–Kier alpha value is -0.900. The lowest BCUT2D eigenvalue weighted by Crippen LogP contribution is -1.96. The second-order valence-corrected chi connectivity index (χ2v) is 2.07. The van der Waals surface area contributed by atoms with Crippen LogP contribution in [-0.4, -0.2) is 12.1 Å². The Morgan fingerprint density at radius 3 is 2.91 bits per heavy atom. The third-order valence-corrected chi connectivity index (χ3v) is 1.24. The van der Waals surface area contributed by atoms with E-state index < -0.39 is 0 Å². The monoisotopic (exact) mass is 155 g/mol. The van der Waals surface area contributed by atoms with Crippen LogP contribution >= 0.6 is 0 Å². The first-order valence-electron chi connectivity index (χ1n) is 3.71. The van der Waals surface area contributed by atoms with E-state index in [9.17, 15) is 0 Å². The third-order valence-electron chi connectivity index (χ3n) is 1.24. The minimum absolute atomic E-state index is 0.0294. The molecule has 3 nitrogen and oxygen atoms in total. The van der Waals surface area contributed by atoms with Gasteiger partial charge in [-0.3, -0.25) is 0 Å². The summed E-state index contributed by atoms with van der Waals surface area (Å²) in [7, 11) is 0. The number of ether oxygens (including phenoxy) is 1. The molecular weight excluding hydrogens is 144 g/mol. The molecule has 0 bridgehead atoms. The van der Waals surface area contributed by atoms with Gasteiger partial charge in [-0.15, -0.1) is 0 Å². The predicted molar refractivity (Wildman–Crippen MR) is 39.8 cm³/mol. The minimum atomic E-state index is -0.0294. The van der Waals surface area contributed by atoms with Crippen LogP contribution in [0, 0.1) is 0 Å². The summed E-state index contributed by atoms with van der Waals surface area (Å²) in [4.78, 5) is 4.20. The van der Waals surface area contributed by atoms with Crippen LogP contribution < -0.4 is 0 Å².